The van der Waals surface area contributed by atoms with Crippen LogP contribution >= 0.6 is 11.6 Å². The molecule has 0 aromatic heterocycles. The van der Waals surface area contributed by atoms with Gasteiger partial charge in [0.1, 0.15) is 0 Å². The average molecular weight is 267 g/mol. The Morgan fingerprint density at radius 3 is 2.78 bits per heavy atom. The smallest absolute Gasteiger partial charge is 0.338 e. The summed E-state index contributed by atoms with van der Waals surface area (Å²) in [6.45, 7) is 3.78. The molecule has 5 heteroatoms. The van der Waals surface area contributed by atoms with Gasteiger partial charge in [0, 0.05) is 0 Å². The molecule has 0 fully saturated rings. The molecule has 0 unspecified atom stereocenters. The summed E-state index contributed by atoms with van der Waals surface area (Å²) in [6, 6.07) is 6.72. The first kappa shape index (κ1) is 14.3. The summed E-state index contributed by atoms with van der Waals surface area (Å²) < 4.78 is 5.07. The van der Waals surface area contributed by atoms with E-state index in [9.17, 15) is 4.79 Å². The van der Waals surface area contributed by atoms with Crippen molar-refractivity contribution in [3.63, 3.8) is 0 Å². The molecule has 0 bridgehead atoms. The Morgan fingerprint density at radius 2 is 2.22 bits per heavy atom. The Kier molecular flexibility index (Phi) is 4.57. The molecular formula is C13H15ClN2O2. The number of nitrogens with zero attached hydrogens (tertiary/aromatic N) is 1. The second-order valence-corrected chi connectivity index (χ2v) is 5.03. The Morgan fingerprint density at radius 1 is 1.56 bits per heavy atom. The molecule has 0 aliphatic rings. The van der Waals surface area contributed by atoms with E-state index in [1.54, 1.807) is 26.0 Å². The van der Waals surface area contributed by atoms with Crippen molar-refractivity contribution in [3.05, 3.63) is 28.8 Å². The second-order valence-electron chi connectivity index (χ2n) is 4.62. The number of hydrogen-bond donors (Lipinski definition) is 1. The first-order valence-electron chi connectivity index (χ1n) is 5.49. The van der Waals surface area contributed by atoms with E-state index >= 15 is 0 Å². The fraction of sp³-hybridized carbons (Fsp3) is 0.385. The van der Waals surface area contributed by atoms with Crippen molar-refractivity contribution < 1.29 is 9.53 Å². The highest BCUT2D eigenvalue weighted by Gasteiger charge is 2.17. The number of nitrogens with two attached hydrogens (primary N) is 1. The van der Waals surface area contributed by atoms with Gasteiger partial charge in [-0.2, -0.15) is 5.26 Å². The summed E-state index contributed by atoms with van der Waals surface area (Å²) in [5.74, 6) is -0.466. The molecule has 1 aromatic rings. The third-order valence-corrected chi connectivity index (χ3v) is 2.84. The molecule has 0 spiro atoms. The van der Waals surface area contributed by atoms with Gasteiger partial charge in [0.2, 0.25) is 0 Å². The topological polar surface area (TPSA) is 76.1 Å². The molecule has 2 N–H and O–H groups in total. The van der Waals surface area contributed by atoms with Crippen LogP contribution in [0.1, 0.15) is 30.6 Å². The van der Waals surface area contributed by atoms with Crippen LogP contribution in [0.15, 0.2) is 18.2 Å². The molecule has 18 heavy (non-hydrogen) atoms. The number of nitrogen functional groups attached to an aromatic ring is 1. The van der Waals surface area contributed by atoms with Crippen LogP contribution < -0.4 is 5.73 Å². The zero-order chi connectivity index (χ0) is 13.8. The van der Waals surface area contributed by atoms with Crippen LogP contribution in [-0.4, -0.2) is 12.6 Å². The third kappa shape index (κ3) is 3.94. The summed E-state index contributed by atoms with van der Waals surface area (Å²) in [4.78, 5) is 11.7. The van der Waals surface area contributed by atoms with E-state index in [0.29, 0.717) is 22.7 Å². The van der Waals surface area contributed by atoms with Crippen molar-refractivity contribution in [1.82, 2.24) is 0 Å². The van der Waals surface area contributed by atoms with E-state index in [0.717, 1.165) is 0 Å². The number of anilines is 1. The Balaban J connectivity index is 2.56. The Hall–Kier alpha value is -1.73. The van der Waals surface area contributed by atoms with Crippen LogP contribution in [0.5, 0.6) is 0 Å². The molecule has 0 aliphatic heterocycles. The van der Waals surface area contributed by atoms with Crippen molar-refractivity contribution in [2.75, 3.05) is 12.3 Å². The normalized spacial score (nSPS) is 10.8. The van der Waals surface area contributed by atoms with Crippen LogP contribution in [0.2, 0.25) is 5.02 Å². The molecule has 0 saturated carbocycles. The van der Waals surface area contributed by atoms with E-state index in [1.807, 2.05) is 0 Å². The fourth-order valence-corrected chi connectivity index (χ4v) is 1.33. The molecule has 1 rings (SSSR count). The van der Waals surface area contributed by atoms with Gasteiger partial charge in [0.15, 0.2) is 0 Å². The molecule has 0 saturated heterocycles. The van der Waals surface area contributed by atoms with Crippen LogP contribution in [0.4, 0.5) is 5.69 Å². The quantitative estimate of drug-likeness (QED) is 0.671. The summed E-state index contributed by atoms with van der Waals surface area (Å²) in [6.07, 6.45) is 0.484. The molecule has 0 amide bonds. The van der Waals surface area contributed by atoms with Crippen molar-refractivity contribution >= 4 is 23.3 Å². The molecule has 4 nitrogen and oxygen atoms in total. The van der Waals surface area contributed by atoms with E-state index in [2.05, 4.69) is 6.07 Å². The van der Waals surface area contributed by atoms with Crippen molar-refractivity contribution in [3.8, 4) is 6.07 Å². The lowest BCUT2D eigenvalue weighted by atomic mass is 9.92. The molecule has 1 aromatic carbocycles. The first-order chi connectivity index (χ1) is 8.35. The third-order valence-electron chi connectivity index (χ3n) is 2.49. The van der Waals surface area contributed by atoms with Crippen LogP contribution in [-0.2, 0) is 4.74 Å². The number of halogens is 1. The van der Waals surface area contributed by atoms with Gasteiger partial charge in [-0.05, 0) is 38.5 Å². The van der Waals surface area contributed by atoms with E-state index in [-0.39, 0.29) is 6.61 Å². The average Bonchev–Trinajstić information content (AvgIpc) is 2.32. The van der Waals surface area contributed by atoms with E-state index in [1.165, 1.54) is 6.07 Å². The number of benzene rings is 1. The minimum Gasteiger partial charge on any atom is -0.462 e. The van der Waals surface area contributed by atoms with Crippen molar-refractivity contribution in [1.29, 1.82) is 5.26 Å². The SMILES string of the molecule is CC(C)(C#N)CCOC(=O)c1ccc(Cl)c(N)c1. The van der Waals surface area contributed by atoms with Crippen molar-refractivity contribution in [2.24, 2.45) is 5.41 Å². The standard InChI is InChI=1S/C13H15ClN2O2/c1-13(2,8-15)5-6-18-12(17)9-3-4-10(14)11(16)7-9/h3-4,7H,5-6,16H2,1-2H3. The second kappa shape index (κ2) is 5.74. The molecule has 0 radical (unpaired) electrons. The lowest BCUT2D eigenvalue weighted by Crippen LogP contribution is -2.14. The van der Waals surface area contributed by atoms with Gasteiger partial charge >= 0.3 is 5.97 Å². The first-order valence-corrected chi connectivity index (χ1v) is 5.87. The summed E-state index contributed by atoms with van der Waals surface area (Å²) in [5, 5.41) is 9.22. The maximum absolute atomic E-state index is 11.7. The fourth-order valence-electron chi connectivity index (χ4n) is 1.21. The van der Waals surface area contributed by atoms with Gasteiger partial charge in [-0.3, -0.25) is 0 Å². The minimum atomic E-state index is -0.501. The van der Waals surface area contributed by atoms with Crippen LogP contribution in [0.3, 0.4) is 0 Å². The summed E-state index contributed by atoms with van der Waals surface area (Å²) in [5.41, 5.74) is 5.78. The zero-order valence-corrected chi connectivity index (χ0v) is 11.1. The minimum absolute atomic E-state index is 0.196. The number of nitriles is 1. The van der Waals surface area contributed by atoms with Crippen LogP contribution in [0.25, 0.3) is 0 Å². The van der Waals surface area contributed by atoms with E-state index in [4.69, 9.17) is 27.3 Å². The van der Waals surface area contributed by atoms with E-state index < -0.39 is 11.4 Å². The predicted molar refractivity (Wildman–Crippen MR) is 70.2 cm³/mol. The zero-order valence-electron chi connectivity index (χ0n) is 10.4. The Bertz CT molecular complexity index is 492. The van der Waals surface area contributed by atoms with Gasteiger partial charge in [0.25, 0.3) is 0 Å². The molecule has 0 heterocycles. The highest BCUT2D eigenvalue weighted by atomic mass is 35.5. The molecule has 0 aliphatic carbocycles. The highest BCUT2D eigenvalue weighted by molar-refractivity contribution is 6.33. The van der Waals surface area contributed by atoms with Gasteiger partial charge in [-0.1, -0.05) is 11.6 Å². The van der Waals surface area contributed by atoms with Crippen LogP contribution in [0, 0.1) is 16.7 Å². The molecular weight excluding hydrogens is 252 g/mol. The maximum atomic E-state index is 11.7. The number of esters is 1. The van der Waals surface area contributed by atoms with Gasteiger partial charge in [-0.25, -0.2) is 4.79 Å². The van der Waals surface area contributed by atoms with Gasteiger partial charge < -0.3 is 10.5 Å². The number of carbonyl (C=O) groups is 1. The van der Waals surface area contributed by atoms with Crippen molar-refractivity contribution in [2.45, 2.75) is 20.3 Å². The number of ether oxygens (including phenoxy) is 1. The lowest BCUT2D eigenvalue weighted by Gasteiger charge is -2.14. The maximum Gasteiger partial charge on any atom is 0.338 e. The molecule has 0 atom stereocenters. The summed E-state index contributed by atoms with van der Waals surface area (Å²) >= 11 is 5.76. The number of rotatable bonds is 4. The summed E-state index contributed by atoms with van der Waals surface area (Å²) in [7, 11) is 0. The van der Waals surface area contributed by atoms with Gasteiger partial charge in [0.05, 0.1) is 34.4 Å². The number of hydrogen-bond acceptors (Lipinski definition) is 4. The predicted octanol–water partition coefficient (Wildman–Crippen LogP) is 3.02. The largest absolute Gasteiger partial charge is 0.462 e. The van der Waals surface area contributed by atoms with Gasteiger partial charge in [-0.15, -0.1) is 0 Å². The molecule has 96 valence electrons. The lowest BCUT2D eigenvalue weighted by molar-refractivity contribution is 0.0475. The number of carbonyl (C=O) groups excluding carboxylic acids is 1. The monoisotopic (exact) mass is 266 g/mol. The highest BCUT2D eigenvalue weighted by Crippen LogP contribution is 2.21. The Labute approximate surface area is 111 Å².